The zero-order valence-electron chi connectivity index (χ0n) is 13.5. The molecule has 124 valence electrons. The van der Waals surface area contributed by atoms with Crippen molar-refractivity contribution >= 4 is 5.91 Å². The summed E-state index contributed by atoms with van der Waals surface area (Å²) in [6.07, 6.45) is 5.01. The van der Waals surface area contributed by atoms with Crippen molar-refractivity contribution in [3.63, 3.8) is 0 Å². The Balaban J connectivity index is 1.52. The second kappa shape index (κ2) is 6.95. The first-order valence-electron chi connectivity index (χ1n) is 7.99. The van der Waals surface area contributed by atoms with Crippen LogP contribution in [0, 0.1) is 0 Å². The van der Waals surface area contributed by atoms with Crippen LogP contribution >= 0.6 is 0 Å². The number of aromatic nitrogens is 2. The standard InChI is InChI=1S/C16H22N4O3/c1-11(2)17-14(21)9-20-6-3-12(4-7-20)15-18-19-16(23-15)13-5-8-22-10-13/h5,8,10-12H,3-4,6-7,9H2,1-2H3,(H,17,21). The lowest BCUT2D eigenvalue weighted by Gasteiger charge is -2.29. The van der Waals surface area contributed by atoms with Gasteiger partial charge >= 0.3 is 0 Å². The first kappa shape index (κ1) is 15.7. The van der Waals surface area contributed by atoms with Crippen molar-refractivity contribution in [3.8, 4) is 11.5 Å². The molecule has 23 heavy (non-hydrogen) atoms. The van der Waals surface area contributed by atoms with Crippen molar-refractivity contribution < 1.29 is 13.6 Å². The smallest absolute Gasteiger partial charge is 0.250 e. The maximum absolute atomic E-state index is 11.8. The van der Waals surface area contributed by atoms with Gasteiger partial charge in [0, 0.05) is 12.0 Å². The molecule has 1 fully saturated rings. The fraction of sp³-hybridized carbons (Fsp3) is 0.562. The molecule has 7 nitrogen and oxygen atoms in total. The summed E-state index contributed by atoms with van der Waals surface area (Å²) in [5, 5.41) is 11.2. The van der Waals surface area contributed by atoms with Gasteiger partial charge in [-0.25, -0.2) is 0 Å². The summed E-state index contributed by atoms with van der Waals surface area (Å²) in [7, 11) is 0. The summed E-state index contributed by atoms with van der Waals surface area (Å²) in [5.74, 6) is 1.51. The molecule has 1 saturated heterocycles. The molecule has 3 heterocycles. The topological polar surface area (TPSA) is 84.4 Å². The molecule has 3 rings (SSSR count). The van der Waals surface area contributed by atoms with Gasteiger partial charge in [-0.3, -0.25) is 9.69 Å². The highest BCUT2D eigenvalue weighted by Crippen LogP contribution is 2.29. The summed E-state index contributed by atoms with van der Waals surface area (Å²) in [6.45, 7) is 6.11. The number of hydrogen-bond donors (Lipinski definition) is 1. The molecule has 1 N–H and O–H groups in total. The van der Waals surface area contributed by atoms with E-state index >= 15 is 0 Å². The molecule has 1 aliphatic rings. The van der Waals surface area contributed by atoms with Crippen molar-refractivity contribution in [1.29, 1.82) is 0 Å². The van der Waals surface area contributed by atoms with Gasteiger partial charge in [-0.15, -0.1) is 10.2 Å². The second-order valence-corrected chi connectivity index (χ2v) is 6.23. The Morgan fingerprint density at radius 2 is 2.17 bits per heavy atom. The highest BCUT2D eigenvalue weighted by Gasteiger charge is 2.26. The fourth-order valence-electron chi connectivity index (χ4n) is 2.81. The van der Waals surface area contributed by atoms with Crippen molar-refractivity contribution in [2.45, 2.75) is 38.6 Å². The number of rotatable bonds is 5. The highest BCUT2D eigenvalue weighted by molar-refractivity contribution is 5.78. The van der Waals surface area contributed by atoms with Gasteiger partial charge in [0.05, 0.1) is 18.4 Å². The predicted molar refractivity (Wildman–Crippen MR) is 83.7 cm³/mol. The van der Waals surface area contributed by atoms with E-state index in [-0.39, 0.29) is 17.9 Å². The number of carbonyl (C=O) groups is 1. The molecular weight excluding hydrogens is 296 g/mol. The van der Waals surface area contributed by atoms with Gasteiger partial charge in [-0.2, -0.15) is 0 Å². The van der Waals surface area contributed by atoms with Gasteiger partial charge in [0.1, 0.15) is 6.26 Å². The molecule has 0 atom stereocenters. The van der Waals surface area contributed by atoms with Crippen molar-refractivity contribution in [2.24, 2.45) is 0 Å². The Hall–Kier alpha value is -2.15. The molecular formula is C16H22N4O3. The van der Waals surface area contributed by atoms with Crippen LogP contribution in [0.5, 0.6) is 0 Å². The number of amides is 1. The van der Waals surface area contributed by atoms with Crippen LogP contribution in [0.15, 0.2) is 27.4 Å². The predicted octanol–water partition coefficient (Wildman–Crippen LogP) is 2.03. The maximum Gasteiger partial charge on any atom is 0.250 e. The molecule has 0 aromatic carbocycles. The Bertz CT molecular complexity index is 628. The van der Waals surface area contributed by atoms with E-state index in [1.54, 1.807) is 18.6 Å². The summed E-state index contributed by atoms with van der Waals surface area (Å²) in [4.78, 5) is 14.0. The van der Waals surface area contributed by atoms with Gasteiger partial charge in [0.25, 0.3) is 5.89 Å². The van der Waals surface area contributed by atoms with Gasteiger partial charge in [0.2, 0.25) is 11.8 Å². The number of hydrogen-bond acceptors (Lipinski definition) is 6. The van der Waals surface area contributed by atoms with E-state index in [2.05, 4.69) is 20.4 Å². The second-order valence-electron chi connectivity index (χ2n) is 6.23. The van der Waals surface area contributed by atoms with Crippen LogP contribution in [-0.4, -0.2) is 46.7 Å². The quantitative estimate of drug-likeness (QED) is 0.908. The number of piperidine rings is 1. The lowest BCUT2D eigenvalue weighted by molar-refractivity contribution is -0.123. The number of carbonyl (C=O) groups excluding carboxylic acids is 1. The Morgan fingerprint density at radius 1 is 1.39 bits per heavy atom. The van der Waals surface area contributed by atoms with E-state index in [0.717, 1.165) is 31.5 Å². The monoisotopic (exact) mass is 318 g/mol. The van der Waals surface area contributed by atoms with Crippen molar-refractivity contribution in [2.75, 3.05) is 19.6 Å². The molecule has 1 aliphatic heterocycles. The molecule has 7 heteroatoms. The van der Waals surface area contributed by atoms with Crippen LogP contribution in [0.25, 0.3) is 11.5 Å². The van der Waals surface area contributed by atoms with Crippen molar-refractivity contribution in [3.05, 3.63) is 24.5 Å². The summed E-state index contributed by atoms with van der Waals surface area (Å²) >= 11 is 0. The van der Waals surface area contributed by atoms with Crippen LogP contribution in [0.4, 0.5) is 0 Å². The molecule has 0 saturated carbocycles. The first-order chi connectivity index (χ1) is 11.1. The first-order valence-corrected chi connectivity index (χ1v) is 7.99. The highest BCUT2D eigenvalue weighted by atomic mass is 16.4. The third kappa shape index (κ3) is 3.98. The Labute approximate surface area is 135 Å². The van der Waals surface area contributed by atoms with Crippen LogP contribution in [0.1, 0.15) is 38.5 Å². The molecule has 0 spiro atoms. The van der Waals surface area contributed by atoms with E-state index in [1.165, 1.54) is 0 Å². The number of nitrogens with zero attached hydrogens (tertiary/aromatic N) is 3. The van der Waals surface area contributed by atoms with E-state index < -0.39 is 0 Å². The lowest BCUT2D eigenvalue weighted by Crippen LogP contribution is -2.43. The van der Waals surface area contributed by atoms with Crippen molar-refractivity contribution in [1.82, 2.24) is 20.4 Å². The zero-order chi connectivity index (χ0) is 16.2. The summed E-state index contributed by atoms with van der Waals surface area (Å²) in [6, 6.07) is 1.98. The third-order valence-electron chi connectivity index (χ3n) is 3.96. The van der Waals surface area contributed by atoms with E-state index in [1.807, 2.05) is 13.8 Å². The minimum atomic E-state index is 0.0819. The van der Waals surface area contributed by atoms with Gasteiger partial charge in [0.15, 0.2) is 0 Å². The van der Waals surface area contributed by atoms with E-state index in [9.17, 15) is 4.79 Å². The SMILES string of the molecule is CC(C)NC(=O)CN1CCC(c2nnc(-c3ccoc3)o2)CC1. The maximum atomic E-state index is 11.8. The summed E-state index contributed by atoms with van der Waals surface area (Å²) < 4.78 is 10.8. The summed E-state index contributed by atoms with van der Waals surface area (Å²) in [5.41, 5.74) is 0.798. The number of furan rings is 1. The lowest BCUT2D eigenvalue weighted by atomic mass is 9.97. The molecule has 2 aromatic rings. The molecule has 0 bridgehead atoms. The average molecular weight is 318 g/mol. The Morgan fingerprint density at radius 3 is 2.83 bits per heavy atom. The van der Waals surface area contributed by atoms with E-state index in [4.69, 9.17) is 8.83 Å². The third-order valence-corrected chi connectivity index (χ3v) is 3.96. The molecule has 0 aliphatic carbocycles. The van der Waals surface area contributed by atoms with Gasteiger partial charge < -0.3 is 14.2 Å². The van der Waals surface area contributed by atoms with Crippen LogP contribution in [-0.2, 0) is 4.79 Å². The number of nitrogens with one attached hydrogen (secondary N) is 1. The number of likely N-dealkylation sites (tertiary alicyclic amines) is 1. The minimum Gasteiger partial charge on any atom is -0.472 e. The molecule has 1 amide bonds. The average Bonchev–Trinajstić information content (AvgIpc) is 3.18. The van der Waals surface area contributed by atoms with E-state index in [0.29, 0.717) is 18.3 Å². The minimum absolute atomic E-state index is 0.0819. The van der Waals surface area contributed by atoms with Gasteiger partial charge in [-0.05, 0) is 45.8 Å². The van der Waals surface area contributed by atoms with Crippen LogP contribution in [0.3, 0.4) is 0 Å². The fourth-order valence-corrected chi connectivity index (χ4v) is 2.81. The largest absolute Gasteiger partial charge is 0.472 e. The zero-order valence-corrected chi connectivity index (χ0v) is 13.5. The van der Waals surface area contributed by atoms with Gasteiger partial charge in [-0.1, -0.05) is 0 Å². The normalized spacial score (nSPS) is 16.8. The van der Waals surface area contributed by atoms with Crippen LogP contribution < -0.4 is 5.32 Å². The Kier molecular flexibility index (Phi) is 4.76. The molecule has 0 radical (unpaired) electrons. The molecule has 0 unspecified atom stereocenters. The van der Waals surface area contributed by atoms with Crippen LogP contribution in [0.2, 0.25) is 0 Å². The molecule has 2 aromatic heterocycles.